The molecule has 0 aliphatic heterocycles. The van der Waals surface area contributed by atoms with Gasteiger partial charge in [-0.05, 0) is 22.9 Å². The van der Waals surface area contributed by atoms with Crippen molar-refractivity contribution in [1.29, 1.82) is 0 Å². The topological polar surface area (TPSA) is 81.9 Å². The number of ether oxygens (including phenoxy) is 1. The number of carbonyl (C=O) groups is 1. The molecule has 0 spiro atoms. The van der Waals surface area contributed by atoms with E-state index in [1.807, 2.05) is 37.3 Å². The number of benzene rings is 1. The standard InChI is InChI=1S/C14H19N5O2S/c1-11(9-21-2)15-13(20)10-22-14-16-17-18-19(14)8-12-6-4-3-5-7-12/h3-7,11H,8-10H2,1-2H3,(H,15,20). The predicted octanol–water partition coefficient (Wildman–Crippen LogP) is 0.965. The highest BCUT2D eigenvalue weighted by atomic mass is 32.2. The monoisotopic (exact) mass is 321 g/mol. The third-order valence-electron chi connectivity index (χ3n) is 2.83. The highest BCUT2D eigenvalue weighted by molar-refractivity contribution is 7.99. The molecule has 0 radical (unpaired) electrons. The molecule has 7 nitrogen and oxygen atoms in total. The number of methoxy groups -OCH3 is 1. The number of rotatable bonds is 8. The highest BCUT2D eigenvalue weighted by Gasteiger charge is 2.12. The Balaban J connectivity index is 1.86. The predicted molar refractivity (Wildman–Crippen MR) is 83.6 cm³/mol. The molecule has 0 bridgehead atoms. The number of hydrogen-bond acceptors (Lipinski definition) is 6. The molecule has 1 unspecified atom stereocenters. The summed E-state index contributed by atoms with van der Waals surface area (Å²) in [5, 5.41) is 15.1. The summed E-state index contributed by atoms with van der Waals surface area (Å²) < 4.78 is 6.67. The first-order valence-corrected chi connectivity index (χ1v) is 7.88. The van der Waals surface area contributed by atoms with E-state index in [0.717, 1.165) is 5.56 Å². The van der Waals surface area contributed by atoms with Crippen LogP contribution in [0.4, 0.5) is 0 Å². The Morgan fingerprint density at radius 3 is 2.91 bits per heavy atom. The van der Waals surface area contributed by atoms with Crippen LogP contribution in [0.25, 0.3) is 0 Å². The second kappa shape index (κ2) is 8.50. The minimum atomic E-state index is -0.0659. The van der Waals surface area contributed by atoms with E-state index in [0.29, 0.717) is 18.3 Å². The summed E-state index contributed by atoms with van der Waals surface area (Å²) in [5.74, 6) is 0.201. The number of aromatic nitrogens is 4. The van der Waals surface area contributed by atoms with E-state index in [2.05, 4.69) is 20.8 Å². The van der Waals surface area contributed by atoms with Crippen LogP contribution < -0.4 is 5.32 Å². The zero-order valence-corrected chi connectivity index (χ0v) is 13.4. The van der Waals surface area contributed by atoms with Crippen molar-refractivity contribution in [3.8, 4) is 0 Å². The van der Waals surface area contributed by atoms with Gasteiger partial charge in [-0.15, -0.1) is 5.10 Å². The van der Waals surface area contributed by atoms with Crippen LogP contribution in [0.3, 0.4) is 0 Å². The lowest BCUT2D eigenvalue weighted by Crippen LogP contribution is -2.36. The maximum atomic E-state index is 11.8. The van der Waals surface area contributed by atoms with Crippen molar-refractivity contribution in [1.82, 2.24) is 25.5 Å². The summed E-state index contributed by atoms with van der Waals surface area (Å²) in [6.07, 6.45) is 0. The number of nitrogens with zero attached hydrogens (tertiary/aromatic N) is 4. The summed E-state index contributed by atoms with van der Waals surface area (Å²) in [6, 6.07) is 9.90. The Labute approximate surface area is 133 Å². The number of carbonyl (C=O) groups excluding carboxylic acids is 1. The van der Waals surface area contributed by atoms with E-state index in [1.165, 1.54) is 11.8 Å². The van der Waals surface area contributed by atoms with Gasteiger partial charge in [-0.3, -0.25) is 4.79 Å². The van der Waals surface area contributed by atoms with E-state index in [4.69, 9.17) is 4.74 Å². The van der Waals surface area contributed by atoms with Crippen molar-refractivity contribution < 1.29 is 9.53 Å². The third kappa shape index (κ3) is 5.12. The van der Waals surface area contributed by atoms with Gasteiger partial charge in [-0.25, -0.2) is 4.68 Å². The Morgan fingerprint density at radius 1 is 1.41 bits per heavy atom. The largest absolute Gasteiger partial charge is 0.383 e. The van der Waals surface area contributed by atoms with Crippen LogP contribution in [-0.4, -0.2) is 51.6 Å². The SMILES string of the molecule is COCC(C)NC(=O)CSc1nnnn1Cc1ccccc1. The Kier molecular flexibility index (Phi) is 6.35. The van der Waals surface area contributed by atoms with Crippen molar-refractivity contribution in [2.24, 2.45) is 0 Å². The number of thioether (sulfide) groups is 1. The van der Waals surface area contributed by atoms with E-state index in [1.54, 1.807) is 11.8 Å². The second-order valence-electron chi connectivity index (χ2n) is 4.82. The number of hydrogen-bond donors (Lipinski definition) is 1. The maximum Gasteiger partial charge on any atom is 0.230 e. The number of nitrogens with one attached hydrogen (secondary N) is 1. The van der Waals surface area contributed by atoms with Crippen LogP contribution in [-0.2, 0) is 16.1 Å². The molecule has 1 N–H and O–H groups in total. The zero-order valence-electron chi connectivity index (χ0n) is 12.6. The molecule has 0 aliphatic rings. The lowest BCUT2D eigenvalue weighted by molar-refractivity contribution is -0.119. The van der Waals surface area contributed by atoms with Gasteiger partial charge in [0.2, 0.25) is 11.1 Å². The Bertz CT molecular complexity index is 590. The lowest BCUT2D eigenvalue weighted by Gasteiger charge is -2.12. The molecular weight excluding hydrogens is 302 g/mol. The fourth-order valence-electron chi connectivity index (χ4n) is 1.89. The van der Waals surface area contributed by atoms with Crippen LogP contribution in [0.15, 0.2) is 35.5 Å². The van der Waals surface area contributed by atoms with Gasteiger partial charge in [-0.2, -0.15) is 0 Å². The fraction of sp³-hybridized carbons (Fsp3) is 0.429. The smallest absolute Gasteiger partial charge is 0.230 e. The first-order valence-electron chi connectivity index (χ1n) is 6.90. The summed E-state index contributed by atoms with van der Waals surface area (Å²) in [4.78, 5) is 11.8. The molecular formula is C14H19N5O2S. The molecule has 0 fully saturated rings. The molecule has 1 heterocycles. The molecule has 22 heavy (non-hydrogen) atoms. The molecule has 0 aliphatic carbocycles. The maximum absolute atomic E-state index is 11.8. The zero-order chi connectivity index (χ0) is 15.8. The summed E-state index contributed by atoms with van der Waals surface area (Å²) >= 11 is 1.32. The van der Waals surface area contributed by atoms with E-state index < -0.39 is 0 Å². The highest BCUT2D eigenvalue weighted by Crippen LogP contribution is 2.14. The average molecular weight is 321 g/mol. The molecule has 2 aromatic rings. The molecule has 8 heteroatoms. The Morgan fingerprint density at radius 2 is 2.18 bits per heavy atom. The molecule has 1 amide bonds. The van der Waals surface area contributed by atoms with Gasteiger partial charge < -0.3 is 10.1 Å². The number of tetrazole rings is 1. The molecule has 118 valence electrons. The van der Waals surface area contributed by atoms with Gasteiger partial charge in [-0.1, -0.05) is 42.1 Å². The molecule has 1 aromatic carbocycles. The minimum absolute atomic E-state index is 0.0154. The van der Waals surface area contributed by atoms with Crippen molar-refractivity contribution in [2.75, 3.05) is 19.5 Å². The normalized spacial score (nSPS) is 12.1. The lowest BCUT2D eigenvalue weighted by atomic mass is 10.2. The Hall–Kier alpha value is -1.93. The van der Waals surface area contributed by atoms with Crippen molar-refractivity contribution >= 4 is 17.7 Å². The van der Waals surface area contributed by atoms with Gasteiger partial charge in [0, 0.05) is 13.2 Å². The van der Waals surface area contributed by atoms with Crippen LogP contribution in [0.2, 0.25) is 0 Å². The van der Waals surface area contributed by atoms with E-state index >= 15 is 0 Å². The molecule has 1 aromatic heterocycles. The molecule has 1 atom stereocenters. The quantitative estimate of drug-likeness (QED) is 0.730. The molecule has 2 rings (SSSR count). The van der Waals surface area contributed by atoms with E-state index in [9.17, 15) is 4.79 Å². The van der Waals surface area contributed by atoms with E-state index in [-0.39, 0.29) is 17.7 Å². The second-order valence-corrected chi connectivity index (χ2v) is 5.76. The number of amides is 1. The van der Waals surface area contributed by atoms with Gasteiger partial charge in [0.15, 0.2) is 0 Å². The van der Waals surface area contributed by atoms with Gasteiger partial charge in [0.05, 0.1) is 18.9 Å². The van der Waals surface area contributed by atoms with Crippen LogP contribution >= 0.6 is 11.8 Å². The van der Waals surface area contributed by atoms with Crippen LogP contribution in [0, 0.1) is 0 Å². The summed E-state index contributed by atoms with van der Waals surface area (Å²) in [5.41, 5.74) is 1.11. The third-order valence-corrected chi connectivity index (χ3v) is 3.79. The first kappa shape index (κ1) is 16.4. The van der Waals surface area contributed by atoms with Gasteiger partial charge in [0.25, 0.3) is 0 Å². The first-order chi connectivity index (χ1) is 10.7. The fourth-order valence-corrected chi connectivity index (χ4v) is 2.58. The van der Waals surface area contributed by atoms with Gasteiger partial charge >= 0.3 is 0 Å². The molecule has 0 saturated heterocycles. The average Bonchev–Trinajstić information content (AvgIpc) is 2.93. The van der Waals surface area contributed by atoms with Crippen LogP contribution in [0.5, 0.6) is 0 Å². The van der Waals surface area contributed by atoms with Crippen molar-refractivity contribution in [3.05, 3.63) is 35.9 Å². The summed E-state index contributed by atoms with van der Waals surface area (Å²) in [7, 11) is 1.61. The van der Waals surface area contributed by atoms with Gasteiger partial charge in [0.1, 0.15) is 0 Å². The molecule has 0 saturated carbocycles. The van der Waals surface area contributed by atoms with Crippen molar-refractivity contribution in [2.45, 2.75) is 24.7 Å². The minimum Gasteiger partial charge on any atom is -0.383 e. The van der Waals surface area contributed by atoms with Crippen molar-refractivity contribution in [3.63, 3.8) is 0 Å². The van der Waals surface area contributed by atoms with Crippen LogP contribution in [0.1, 0.15) is 12.5 Å². The summed E-state index contributed by atoms with van der Waals surface area (Å²) in [6.45, 7) is 2.96.